The van der Waals surface area contributed by atoms with Gasteiger partial charge in [-0.1, -0.05) is 19.4 Å². The van der Waals surface area contributed by atoms with Gasteiger partial charge in [0.15, 0.2) is 0 Å². The molecule has 0 saturated carbocycles. The Morgan fingerprint density at radius 2 is 2.41 bits per heavy atom. The van der Waals surface area contributed by atoms with Crippen molar-refractivity contribution in [1.29, 1.82) is 5.41 Å². The molecule has 0 bridgehead atoms. The van der Waals surface area contributed by atoms with E-state index in [1.807, 2.05) is 6.08 Å². The fourth-order valence-electron chi connectivity index (χ4n) is 1.39. The molecule has 5 nitrogen and oxygen atoms in total. The number of rotatable bonds is 5. The molecule has 0 radical (unpaired) electrons. The van der Waals surface area contributed by atoms with Gasteiger partial charge >= 0.3 is 5.69 Å². The van der Waals surface area contributed by atoms with Crippen LogP contribution in [0.3, 0.4) is 0 Å². The standard InChI is InChI=1S/C12H18N4O/c1-3-4-5-6-10(13)9(2)16-8-7-11(14)15-12(16)17/h5-9,13H,3-4H2,1-2H3,(H2,14,15,17)/b6-5-,13-10?. The zero-order valence-electron chi connectivity index (χ0n) is 10.2. The SMILES string of the molecule is CCC/C=C\C(=N)C(C)n1ccc(N)nc1=O. The Morgan fingerprint density at radius 3 is 3.00 bits per heavy atom. The number of unbranched alkanes of at least 4 members (excludes halogenated alkanes) is 1. The van der Waals surface area contributed by atoms with E-state index in [0.717, 1.165) is 12.8 Å². The highest BCUT2D eigenvalue weighted by Gasteiger charge is 2.10. The average molecular weight is 234 g/mol. The molecule has 1 atom stereocenters. The van der Waals surface area contributed by atoms with E-state index in [1.54, 1.807) is 25.3 Å². The average Bonchev–Trinajstić information content (AvgIpc) is 2.28. The Labute approximate surface area is 100 Å². The van der Waals surface area contributed by atoms with Gasteiger partial charge < -0.3 is 11.1 Å². The van der Waals surface area contributed by atoms with Crippen molar-refractivity contribution in [1.82, 2.24) is 9.55 Å². The third-order valence-corrected chi connectivity index (χ3v) is 2.47. The second-order valence-corrected chi connectivity index (χ2v) is 3.86. The molecule has 1 unspecified atom stereocenters. The molecule has 0 amide bonds. The molecule has 1 rings (SSSR count). The Hall–Kier alpha value is -1.91. The smallest absolute Gasteiger partial charge is 0.350 e. The van der Waals surface area contributed by atoms with Crippen LogP contribution in [0, 0.1) is 5.41 Å². The van der Waals surface area contributed by atoms with Gasteiger partial charge in [0.25, 0.3) is 0 Å². The van der Waals surface area contributed by atoms with E-state index in [-0.39, 0.29) is 11.9 Å². The number of allylic oxidation sites excluding steroid dienone is 2. The van der Waals surface area contributed by atoms with Crippen molar-refractivity contribution in [3.05, 3.63) is 34.9 Å². The number of aromatic nitrogens is 2. The maximum Gasteiger partial charge on any atom is 0.350 e. The van der Waals surface area contributed by atoms with Crippen molar-refractivity contribution in [2.45, 2.75) is 32.7 Å². The topological polar surface area (TPSA) is 84.8 Å². The molecule has 0 aliphatic carbocycles. The zero-order chi connectivity index (χ0) is 12.8. The number of hydrogen-bond donors (Lipinski definition) is 2. The lowest BCUT2D eigenvalue weighted by atomic mass is 10.1. The molecule has 0 aliphatic rings. The van der Waals surface area contributed by atoms with E-state index in [9.17, 15) is 4.79 Å². The normalized spacial score (nSPS) is 12.8. The van der Waals surface area contributed by atoms with Crippen LogP contribution in [0.2, 0.25) is 0 Å². The van der Waals surface area contributed by atoms with Crippen LogP contribution in [0.5, 0.6) is 0 Å². The number of anilines is 1. The molecule has 1 aromatic heterocycles. The van der Waals surface area contributed by atoms with Crippen LogP contribution < -0.4 is 11.4 Å². The molecule has 0 spiro atoms. The number of nitrogens with zero attached hydrogens (tertiary/aromatic N) is 2. The molecule has 0 fully saturated rings. The first-order chi connectivity index (χ1) is 8.06. The van der Waals surface area contributed by atoms with Gasteiger partial charge in [-0.15, -0.1) is 0 Å². The van der Waals surface area contributed by atoms with Crippen molar-refractivity contribution in [3.8, 4) is 0 Å². The van der Waals surface area contributed by atoms with Crippen LogP contribution in [0.25, 0.3) is 0 Å². The van der Waals surface area contributed by atoms with Gasteiger partial charge in [0.1, 0.15) is 5.82 Å². The highest BCUT2D eigenvalue weighted by atomic mass is 16.1. The number of hydrogen-bond acceptors (Lipinski definition) is 4. The predicted molar refractivity (Wildman–Crippen MR) is 69.4 cm³/mol. The minimum absolute atomic E-state index is 0.200. The van der Waals surface area contributed by atoms with Gasteiger partial charge in [0.05, 0.1) is 11.8 Å². The predicted octanol–water partition coefficient (Wildman–Crippen LogP) is 1.76. The summed E-state index contributed by atoms with van der Waals surface area (Å²) in [7, 11) is 0. The first-order valence-corrected chi connectivity index (χ1v) is 5.66. The van der Waals surface area contributed by atoms with E-state index < -0.39 is 5.69 Å². The van der Waals surface area contributed by atoms with Crippen LogP contribution in [-0.2, 0) is 0 Å². The zero-order valence-corrected chi connectivity index (χ0v) is 10.2. The van der Waals surface area contributed by atoms with Gasteiger partial charge in [-0.3, -0.25) is 4.57 Å². The molecule has 3 N–H and O–H groups in total. The molecule has 0 saturated heterocycles. The minimum Gasteiger partial charge on any atom is -0.383 e. The molecular formula is C12H18N4O. The number of nitrogens with two attached hydrogens (primary N) is 1. The van der Waals surface area contributed by atoms with Crippen LogP contribution >= 0.6 is 0 Å². The van der Waals surface area contributed by atoms with Crippen molar-refractivity contribution in [2.24, 2.45) is 0 Å². The van der Waals surface area contributed by atoms with E-state index in [0.29, 0.717) is 5.71 Å². The number of nitrogens with one attached hydrogen (secondary N) is 1. The summed E-state index contributed by atoms with van der Waals surface area (Å²) in [5.74, 6) is 0.200. The largest absolute Gasteiger partial charge is 0.383 e. The quantitative estimate of drug-likeness (QED) is 0.761. The van der Waals surface area contributed by atoms with Crippen LogP contribution in [-0.4, -0.2) is 15.3 Å². The number of nitrogen functional groups attached to an aromatic ring is 1. The monoisotopic (exact) mass is 234 g/mol. The molecule has 1 aromatic rings. The van der Waals surface area contributed by atoms with Crippen molar-refractivity contribution < 1.29 is 0 Å². The summed E-state index contributed by atoms with van der Waals surface area (Å²) in [5.41, 5.74) is 5.37. The lowest BCUT2D eigenvalue weighted by Gasteiger charge is -2.13. The van der Waals surface area contributed by atoms with E-state index in [2.05, 4.69) is 11.9 Å². The molecule has 0 aromatic carbocycles. The highest BCUT2D eigenvalue weighted by Crippen LogP contribution is 2.06. The summed E-state index contributed by atoms with van der Waals surface area (Å²) < 4.78 is 1.40. The van der Waals surface area contributed by atoms with E-state index >= 15 is 0 Å². The summed E-state index contributed by atoms with van der Waals surface area (Å²) in [5, 5.41) is 7.86. The van der Waals surface area contributed by atoms with Gasteiger partial charge in [-0.05, 0) is 25.5 Å². The summed E-state index contributed by atoms with van der Waals surface area (Å²) in [6.45, 7) is 3.86. The third kappa shape index (κ3) is 3.55. The fourth-order valence-corrected chi connectivity index (χ4v) is 1.39. The summed E-state index contributed by atoms with van der Waals surface area (Å²) >= 11 is 0. The van der Waals surface area contributed by atoms with Crippen LogP contribution in [0.4, 0.5) is 5.82 Å². The molecule has 0 aliphatic heterocycles. The summed E-state index contributed by atoms with van der Waals surface area (Å²) in [6.07, 6.45) is 7.22. The summed E-state index contributed by atoms with van der Waals surface area (Å²) in [4.78, 5) is 15.2. The lowest BCUT2D eigenvalue weighted by Crippen LogP contribution is -2.29. The third-order valence-electron chi connectivity index (χ3n) is 2.47. The van der Waals surface area contributed by atoms with Crippen molar-refractivity contribution in [3.63, 3.8) is 0 Å². The van der Waals surface area contributed by atoms with Gasteiger partial charge in [-0.2, -0.15) is 4.98 Å². The summed E-state index contributed by atoms with van der Waals surface area (Å²) in [6, 6.07) is 1.23. The molecular weight excluding hydrogens is 216 g/mol. The Balaban J connectivity index is 2.85. The second-order valence-electron chi connectivity index (χ2n) is 3.86. The highest BCUT2D eigenvalue weighted by molar-refractivity contribution is 5.95. The van der Waals surface area contributed by atoms with Crippen LogP contribution in [0.15, 0.2) is 29.2 Å². The second kappa shape index (κ2) is 5.98. The lowest BCUT2D eigenvalue weighted by molar-refractivity contribution is 0.645. The fraction of sp³-hybridized carbons (Fsp3) is 0.417. The Kier molecular flexibility index (Phi) is 4.63. The first-order valence-electron chi connectivity index (χ1n) is 5.66. The maximum atomic E-state index is 11.6. The van der Waals surface area contributed by atoms with Gasteiger partial charge in [0.2, 0.25) is 0 Å². The van der Waals surface area contributed by atoms with E-state index in [1.165, 1.54) is 4.57 Å². The van der Waals surface area contributed by atoms with Gasteiger partial charge in [-0.25, -0.2) is 4.79 Å². The Morgan fingerprint density at radius 1 is 1.71 bits per heavy atom. The maximum absolute atomic E-state index is 11.6. The molecule has 5 heteroatoms. The van der Waals surface area contributed by atoms with Gasteiger partial charge in [0, 0.05) is 6.20 Å². The van der Waals surface area contributed by atoms with Crippen molar-refractivity contribution >= 4 is 11.5 Å². The molecule has 17 heavy (non-hydrogen) atoms. The van der Waals surface area contributed by atoms with Crippen molar-refractivity contribution in [2.75, 3.05) is 5.73 Å². The van der Waals surface area contributed by atoms with Crippen LogP contribution in [0.1, 0.15) is 32.7 Å². The van der Waals surface area contributed by atoms with E-state index in [4.69, 9.17) is 11.1 Å². The first kappa shape index (κ1) is 13.2. The minimum atomic E-state index is -0.425. The molecule has 1 heterocycles. The molecule has 92 valence electrons. The Bertz CT molecular complexity index is 476.